The molecule has 0 amide bonds. The van der Waals surface area contributed by atoms with Crippen molar-refractivity contribution in [3.63, 3.8) is 0 Å². The Morgan fingerprint density at radius 1 is 1.05 bits per heavy atom. The van der Waals surface area contributed by atoms with Crippen LogP contribution in [0.3, 0.4) is 0 Å². The standard InChI is InChI=1S/C18H19ClN2/c19-12-9-7-11(8-10-12)17-14-4-1-3-13(14)15-5-2-6-16(20)18(15)21-17/h2,5-10,13-14,17,21H,1,3-4,20H2/t13-,14-,17+/m1/s1. The van der Waals surface area contributed by atoms with E-state index in [0.717, 1.165) is 16.4 Å². The molecule has 4 rings (SSSR count). The van der Waals surface area contributed by atoms with E-state index in [9.17, 15) is 0 Å². The van der Waals surface area contributed by atoms with Crippen molar-refractivity contribution in [2.24, 2.45) is 5.92 Å². The first-order valence-corrected chi connectivity index (χ1v) is 8.02. The number of rotatable bonds is 1. The van der Waals surface area contributed by atoms with Gasteiger partial charge in [-0.15, -0.1) is 0 Å². The lowest BCUT2D eigenvalue weighted by Crippen LogP contribution is -2.29. The summed E-state index contributed by atoms with van der Waals surface area (Å²) in [5.74, 6) is 1.28. The second-order valence-electron chi connectivity index (χ2n) is 6.19. The van der Waals surface area contributed by atoms with E-state index in [1.807, 2.05) is 18.2 Å². The molecule has 0 bridgehead atoms. The second-order valence-corrected chi connectivity index (χ2v) is 6.62. The SMILES string of the molecule is Nc1cccc2c1N[C@@H](c1ccc(Cl)cc1)[C@@H]1CCC[C@@H]21. The predicted molar refractivity (Wildman–Crippen MR) is 88.8 cm³/mol. The van der Waals surface area contributed by atoms with Gasteiger partial charge in [0.05, 0.1) is 17.4 Å². The van der Waals surface area contributed by atoms with Crippen molar-refractivity contribution < 1.29 is 0 Å². The first-order valence-electron chi connectivity index (χ1n) is 7.64. The minimum Gasteiger partial charge on any atom is -0.397 e. The van der Waals surface area contributed by atoms with Crippen molar-refractivity contribution >= 4 is 23.0 Å². The number of benzene rings is 2. The molecule has 2 aromatic carbocycles. The smallest absolute Gasteiger partial charge is 0.0614 e. The Hall–Kier alpha value is -1.67. The van der Waals surface area contributed by atoms with Crippen molar-refractivity contribution in [1.82, 2.24) is 0 Å². The maximum atomic E-state index is 6.20. The number of fused-ring (bicyclic) bond motifs is 3. The molecule has 1 saturated carbocycles. The summed E-state index contributed by atoms with van der Waals surface area (Å²) >= 11 is 6.03. The lowest BCUT2D eigenvalue weighted by atomic mass is 9.77. The minimum absolute atomic E-state index is 0.340. The van der Waals surface area contributed by atoms with Crippen LogP contribution in [-0.2, 0) is 0 Å². The van der Waals surface area contributed by atoms with Crippen molar-refractivity contribution in [3.05, 3.63) is 58.6 Å². The molecule has 0 saturated heterocycles. The molecule has 1 heterocycles. The van der Waals surface area contributed by atoms with E-state index in [2.05, 4.69) is 29.6 Å². The molecule has 3 atom stereocenters. The number of hydrogen-bond acceptors (Lipinski definition) is 2. The summed E-state index contributed by atoms with van der Waals surface area (Å²) in [6.07, 6.45) is 3.85. The van der Waals surface area contributed by atoms with E-state index in [1.54, 1.807) is 0 Å². The first-order chi connectivity index (χ1) is 10.2. The summed E-state index contributed by atoms with van der Waals surface area (Å²) in [7, 11) is 0. The number of halogens is 1. The van der Waals surface area contributed by atoms with Crippen molar-refractivity contribution in [2.45, 2.75) is 31.2 Å². The van der Waals surface area contributed by atoms with Gasteiger partial charge in [-0.2, -0.15) is 0 Å². The molecule has 1 aliphatic carbocycles. The van der Waals surface area contributed by atoms with Crippen LogP contribution >= 0.6 is 11.6 Å². The molecular weight excluding hydrogens is 280 g/mol. The number of nitrogens with one attached hydrogen (secondary N) is 1. The molecule has 3 N–H and O–H groups in total. The van der Waals surface area contributed by atoms with E-state index in [4.69, 9.17) is 17.3 Å². The van der Waals surface area contributed by atoms with Gasteiger partial charge in [-0.3, -0.25) is 0 Å². The molecule has 3 heteroatoms. The van der Waals surface area contributed by atoms with Crippen molar-refractivity contribution in [1.29, 1.82) is 0 Å². The molecule has 2 nitrogen and oxygen atoms in total. The van der Waals surface area contributed by atoms with E-state index in [1.165, 1.54) is 30.4 Å². The number of nitrogen functional groups attached to an aromatic ring is 1. The number of para-hydroxylation sites is 1. The lowest BCUT2D eigenvalue weighted by Gasteiger charge is -2.38. The van der Waals surface area contributed by atoms with E-state index >= 15 is 0 Å². The minimum atomic E-state index is 0.340. The fraction of sp³-hybridized carbons (Fsp3) is 0.333. The van der Waals surface area contributed by atoms with Crippen LogP contribution in [0, 0.1) is 5.92 Å². The van der Waals surface area contributed by atoms with Crippen LogP contribution in [0.1, 0.15) is 42.3 Å². The molecular formula is C18H19ClN2. The predicted octanol–water partition coefficient (Wildman–Crippen LogP) is 4.97. The van der Waals surface area contributed by atoms with Gasteiger partial charge < -0.3 is 11.1 Å². The molecule has 0 aromatic heterocycles. The number of anilines is 2. The van der Waals surface area contributed by atoms with Crippen LogP contribution in [-0.4, -0.2) is 0 Å². The highest BCUT2D eigenvalue weighted by Gasteiger charge is 2.40. The van der Waals surface area contributed by atoms with Gasteiger partial charge in [-0.1, -0.05) is 42.3 Å². The number of nitrogens with two attached hydrogens (primary N) is 1. The van der Waals surface area contributed by atoms with Crippen LogP contribution in [0.25, 0.3) is 0 Å². The first kappa shape index (κ1) is 13.0. The zero-order valence-corrected chi connectivity index (χ0v) is 12.6. The third-order valence-corrected chi connectivity index (χ3v) is 5.31. The molecule has 1 aliphatic heterocycles. The average molecular weight is 299 g/mol. The Kier molecular flexibility index (Phi) is 3.07. The Bertz CT molecular complexity index is 665. The Balaban J connectivity index is 1.79. The molecule has 0 unspecified atom stereocenters. The highest BCUT2D eigenvalue weighted by atomic mass is 35.5. The third-order valence-electron chi connectivity index (χ3n) is 5.05. The lowest BCUT2D eigenvalue weighted by molar-refractivity contribution is 0.406. The molecule has 108 valence electrons. The average Bonchev–Trinajstić information content (AvgIpc) is 2.98. The van der Waals surface area contributed by atoms with Gasteiger partial charge in [0.25, 0.3) is 0 Å². The van der Waals surface area contributed by atoms with Crippen LogP contribution in [0.5, 0.6) is 0 Å². The molecule has 21 heavy (non-hydrogen) atoms. The molecule has 1 fully saturated rings. The second kappa shape index (κ2) is 4.96. The van der Waals surface area contributed by atoms with Gasteiger partial charge in [0, 0.05) is 5.02 Å². The highest BCUT2D eigenvalue weighted by Crippen LogP contribution is 2.53. The molecule has 2 aliphatic rings. The van der Waals surface area contributed by atoms with Gasteiger partial charge >= 0.3 is 0 Å². The third kappa shape index (κ3) is 2.09. The van der Waals surface area contributed by atoms with Crippen LogP contribution < -0.4 is 11.1 Å². The quantitative estimate of drug-likeness (QED) is 0.729. The van der Waals surface area contributed by atoms with Gasteiger partial charge in [-0.05, 0) is 54.0 Å². The van der Waals surface area contributed by atoms with Crippen LogP contribution in [0.2, 0.25) is 5.02 Å². The highest BCUT2D eigenvalue weighted by molar-refractivity contribution is 6.30. The molecule has 0 radical (unpaired) electrons. The van der Waals surface area contributed by atoms with Gasteiger partial charge in [0.1, 0.15) is 0 Å². The molecule has 2 aromatic rings. The monoisotopic (exact) mass is 298 g/mol. The van der Waals surface area contributed by atoms with Crippen molar-refractivity contribution in [3.8, 4) is 0 Å². The fourth-order valence-corrected chi connectivity index (χ4v) is 4.23. The van der Waals surface area contributed by atoms with E-state index < -0.39 is 0 Å². The Morgan fingerprint density at radius 3 is 2.67 bits per heavy atom. The summed E-state index contributed by atoms with van der Waals surface area (Å²) in [6, 6.07) is 14.9. The van der Waals surface area contributed by atoms with Crippen molar-refractivity contribution in [2.75, 3.05) is 11.1 Å². The Morgan fingerprint density at radius 2 is 1.86 bits per heavy atom. The summed E-state index contributed by atoms with van der Waals surface area (Å²) in [6.45, 7) is 0. The largest absolute Gasteiger partial charge is 0.397 e. The zero-order chi connectivity index (χ0) is 14.4. The maximum absolute atomic E-state index is 6.20. The fourth-order valence-electron chi connectivity index (χ4n) is 4.10. The van der Waals surface area contributed by atoms with E-state index in [-0.39, 0.29) is 0 Å². The van der Waals surface area contributed by atoms with E-state index in [0.29, 0.717) is 17.9 Å². The summed E-state index contributed by atoms with van der Waals surface area (Å²) in [5.41, 5.74) is 10.9. The zero-order valence-electron chi connectivity index (χ0n) is 11.9. The molecule has 0 spiro atoms. The van der Waals surface area contributed by atoms with Gasteiger partial charge in [0.15, 0.2) is 0 Å². The van der Waals surface area contributed by atoms with Gasteiger partial charge in [-0.25, -0.2) is 0 Å². The van der Waals surface area contributed by atoms with Crippen LogP contribution in [0.4, 0.5) is 11.4 Å². The summed E-state index contributed by atoms with van der Waals surface area (Å²) in [5, 5.41) is 4.49. The maximum Gasteiger partial charge on any atom is 0.0614 e. The topological polar surface area (TPSA) is 38.0 Å². The summed E-state index contributed by atoms with van der Waals surface area (Å²) < 4.78 is 0. The Labute approximate surface area is 130 Å². The number of hydrogen-bond donors (Lipinski definition) is 2. The normalized spacial score (nSPS) is 26.8. The van der Waals surface area contributed by atoms with Gasteiger partial charge in [0.2, 0.25) is 0 Å². The van der Waals surface area contributed by atoms with Crippen LogP contribution in [0.15, 0.2) is 42.5 Å². The summed E-state index contributed by atoms with van der Waals surface area (Å²) in [4.78, 5) is 0.